The van der Waals surface area contributed by atoms with E-state index in [1.165, 1.54) is 6.92 Å². The minimum atomic E-state index is -0.347. The summed E-state index contributed by atoms with van der Waals surface area (Å²) in [6.45, 7) is 1.64. The minimum absolute atomic E-state index is 0.102. The van der Waals surface area contributed by atoms with E-state index in [0.29, 0.717) is 16.9 Å². The Labute approximate surface area is 104 Å². The number of rotatable bonds is 2. The number of hydrogen-bond donors (Lipinski definition) is 2. The zero-order valence-corrected chi connectivity index (χ0v) is 9.90. The molecule has 0 saturated carbocycles. The van der Waals surface area contributed by atoms with Crippen molar-refractivity contribution < 1.29 is 14.4 Å². The number of ketones is 1. The number of anilines is 2. The van der Waals surface area contributed by atoms with Crippen LogP contribution in [0.1, 0.15) is 17.3 Å². The topological polar surface area (TPSA) is 92.5 Å². The molecule has 1 heterocycles. The smallest absolute Gasteiger partial charge is 0.246 e. The first-order chi connectivity index (χ1) is 8.47. The van der Waals surface area contributed by atoms with Gasteiger partial charge in [-0.3, -0.25) is 19.7 Å². The standard InChI is InChI=1S/C12H13N3O3/c1-7(16)9-3-2-8(4-10(9)13)15-5-11(17)14-12(18)6-15/h2-4H,5-6,13H2,1H3,(H,14,17,18). The Morgan fingerprint density at radius 3 is 2.39 bits per heavy atom. The molecule has 3 N–H and O–H groups in total. The molecule has 94 valence electrons. The fourth-order valence-electron chi connectivity index (χ4n) is 1.89. The first-order valence-electron chi connectivity index (χ1n) is 5.45. The first-order valence-corrected chi connectivity index (χ1v) is 5.45. The molecule has 1 aliphatic rings. The van der Waals surface area contributed by atoms with Crippen LogP contribution in [0.4, 0.5) is 11.4 Å². The number of nitrogens with zero attached hydrogens (tertiary/aromatic N) is 1. The Kier molecular flexibility index (Phi) is 3.01. The second-order valence-electron chi connectivity index (χ2n) is 4.16. The molecule has 1 fully saturated rings. The molecule has 1 aliphatic heterocycles. The maximum absolute atomic E-state index is 11.3. The van der Waals surface area contributed by atoms with Gasteiger partial charge in [-0.25, -0.2) is 0 Å². The molecule has 1 aromatic carbocycles. The zero-order chi connectivity index (χ0) is 13.3. The molecule has 0 unspecified atom stereocenters. The molecule has 6 nitrogen and oxygen atoms in total. The van der Waals surface area contributed by atoms with Crippen LogP contribution >= 0.6 is 0 Å². The van der Waals surface area contributed by atoms with E-state index in [9.17, 15) is 14.4 Å². The lowest BCUT2D eigenvalue weighted by Crippen LogP contribution is -2.51. The highest BCUT2D eigenvalue weighted by Crippen LogP contribution is 2.22. The molecule has 1 aromatic rings. The van der Waals surface area contributed by atoms with Crippen molar-refractivity contribution in [1.82, 2.24) is 5.32 Å². The minimum Gasteiger partial charge on any atom is -0.398 e. The van der Waals surface area contributed by atoms with E-state index in [2.05, 4.69) is 5.32 Å². The SMILES string of the molecule is CC(=O)c1ccc(N2CC(=O)NC(=O)C2)cc1N. The summed E-state index contributed by atoms with van der Waals surface area (Å²) in [4.78, 5) is 35.4. The van der Waals surface area contributed by atoms with Crippen LogP contribution in [0.3, 0.4) is 0 Å². The Morgan fingerprint density at radius 2 is 1.89 bits per heavy atom. The van der Waals surface area contributed by atoms with E-state index < -0.39 is 0 Å². The van der Waals surface area contributed by atoms with E-state index in [1.54, 1.807) is 23.1 Å². The van der Waals surface area contributed by atoms with Gasteiger partial charge in [0.25, 0.3) is 0 Å². The zero-order valence-electron chi connectivity index (χ0n) is 9.90. The van der Waals surface area contributed by atoms with Crippen LogP contribution < -0.4 is 16.0 Å². The number of nitrogen functional groups attached to an aromatic ring is 1. The molecular weight excluding hydrogens is 234 g/mol. The number of piperazine rings is 1. The Morgan fingerprint density at radius 1 is 1.28 bits per heavy atom. The third-order valence-electron chi connectivity index (χ3n) is 2.73. The van der Waals surface area contributed by atoms with Gasteiger partial charge < -0.3 is 10.6 Å². The van der Waals surface area contributed by atoms with Gasteiger partial charge in [0.2, 0.25) is 11.8 Å². The summed E-state index contributed by atoms with van der Waals surface area (Å²) in [5.41, 5.74) is 7.20. The van der Waals surface area contributed by atoms with E-state index in [0.717, 1.165) is 0 Å². The number of Topliss-reactive ketones (excluding diaryl/α,β-unsaturated/α-hetero) is 1. The predicted octanol–water partition coefficient (Wildman–Crippen LogP) is -0.0658. The average Bonchev–Trinajstić information content (AvgIpc) is 2.26. The summed E-state index contributed by atoms with van der Waals surface area (Å²) in [7, 11) is 0. The van der Waals surface area contributed by atoms with Crippen LogP contribution in [0, 0.1) is 0 Å². The van der Waals surface area contributed by atoms with Gasteiger partial charge in [0.1, 0.15) is 0 Å². The molecule has 0 aromatic heterocycles. The Hall–Kier alpha value is -2.37. The van der Waals surface area contributed by atoms with Crippen LogP contribution in [-0.4, -0.2) is 30.7 Å². The monoisotopic (exact) mass is 247 g/mol. The largest absolute Gasteiger partial charge is 0.398 e. The highest BCUT2D eigenvalue weighted by molar-refractivity contribution is 6.03. The lowest BCUT2D eigenvalue weighted by Gasteiger charge is -2.27. The van der Waals surface area contributed by atoms with Crippen LogP contribution in [0.5, 0.6) is 0 Å². The van der Waals surface area contributed by atoms with Gasteiger partial charge in [-0.1, -0.05) is 0 Å². The van der Waals surface area contributed by atoms with E-state index in [-0.39, 0.29) is 30.7 Å². The highest BCUT2D eigenvalue weighted by atomic mass is 16.2. The molecule has 0 aliphatic carbocycles. The maximum Gasteiger partial charge on any atom is 0.246 e. The summed E-state index contributed by atoms with van der Waals surface area (Å²) >= 11 is 0. The van der Waals surface area contributed by atoms with Crippen LogP contribution in [0.2, 0.25) is 0 Å². The van der Waals surface area contributed by atoms with Gasteiger partial charge in [0, 0.05) is 16.9 Å². The van der Waals surface area contributed by atoms with Gasteiger partial charge in [0.15, 0.2) is 5.78 Å². The van der Waals surface area contributed by atoms with Crippen LogP contribution in [0.25, 0.3) is 0 Å². The van der Waals surface area contributed by atoms with Gasteiger partial charge in [-0.05, 0) is 25.1 Å². The normalized spacial score (nSPS) is 15.5. The molecule has 1 saturated heterocycles. The maximum atomic E-state index is 11.3. The van der Waals surface area contributed by atoms with Crippen molar-refractivity contribution in [2.24, 2.45) is 0 Å². The quantitative estimate of drug-likeness (QED) is 0.433. The van der Waals surface area contributed by atoms with Crippen molar-refractivity contribution in [3.05, 3.63) is 23.8 Å². The number of amides is 2. The summed E-state index contributed by atoms with van der Waals surface area (Å²) in [6, 6.07) is 4.88. The van der Waals surface area contributed by atoms with E-state index >= 15 is 0 Å². The van der Waals surface area contributed by atoms with Gasteiger partial charge in [0.05, 0.1) is 13.1 Å². The number of hydrogen-bond acceptors (Lipinski definition) is 5. The van der Waals surface area contributed by atoms with E-state index in [4.69, 9.17) is 5.73 Å². The van der Waals surface area contributed by atoms with Crippen molar-refractivity contribution in [2.75, 3.05) is 23.7 Å². The lowest BCUT2D eigenvalue weighted by atomic mass is 10.1. The lowest BCUT2D eigenvalue weighted by molar-refractivity contribution is -0.130. The van der Waals surface area contributed by atoms with Crippen molar-refractivity contribution >= 4 is 29.0 Å². The summed E-state index contributed by atoms with van der Waals surface area (Å²) in [5, 5.41) is 2.22. The summed E-state index contributed by atoms with van der Waals surface area (Å²) in [6.07, 6.45) is 0. The number of carbonyl (C=O) groups is 3. The molecule has 18 heavy (non-hydrogen) atoms. The number of carbonyl (C=O) groups excluding carboxylic acids is 3. The summed E-state index contributed by atoms with van der Waals surface area (Å²) in [5.74, 6) is -0.813. The highest BCUT2D eigenvalue weighted by Gasteiger charge is 2.23. The molecule has 2 rings (SSSR count). The van der Waals surface area contributed by atoms with Gasteiger partial charge >= 0.3 is 0 Å². The number of imide groups is 1. The third-order valence-corrected chi connectivity index (χ3v) is 2.73. The average molecular weight is 247 g/mol. The Balaban J connectivity index is 2.29. The van der Waals surface area contributed by atoms with Gasteiger partial charge in [-0.2, -0.15) is 0 Å². The van der Waals surface area contributed by atoms with Crippen LogP contribution in [0.15, 0.2) is 18.2 Å². The van der Waals surface area contributed by atoms with Crippen molar-refractivity contribution in [2.45, 2.75) is 6.92 Å². The molecule has 2 amide bonds. The van der Waals surface area contributed by atoms with Crippen LogP contribution in [-0.2, 0) is 9.59 Å². The summed E-state index contributed by atoms with van der Waals surface area (Å²) < 4.78 is 0. The predicted molar refractivity (Wildman–Crippen MR) is 66.2 cm³/mol. The first kappa shape index (κ1) is 12.1. The number of nitrogens with two attached hydrogens (primary N) is 1. The molecule has 0 bridgehead atoms. The fourth-order valence-corrected chi connectivity index (χ4v) is 1.89. The fraction of sp³-hybridized carbons (Fsp3) is 0.250. The van der Waals surface area contributed by atoms with Crippen molar-refractivity contribution in [1.29, 1.82) is 0 Å². The molecule has 0 atom stereocenters. The second-order valence-corrected chi connectivity index (χ2v) is 4.16. The number of nitrogens with one attached hydrogen (secondary N) is 1. The van der Waals surface area contributed by atoms with Gasteiger partial charge in [-0.15, -0.1) is 0 Å². The third kappa shape index (κ3) is 2.32. The molecule has 0 radical (unpaired) electrons. The Bertz CT molecular complexity index is 523. The number of benzene rings is 1. The van der Waals surface area contributed by atoms with Crippen molar-refractivity contribution in [3.8, 4) is 0 Å². The van der Waals surface area contributed by atoms with Crippen molar-refractivity contribution in [3.63, 3.8) is 0 Å². The van der Waals surface area contributed by atoms with E-state index in [1.807, 2.05) is 0 Å². The molecular formula is C12H13N3O3. The second kappa shape index (κ2) is 4.48. The molecule has 6 heteroatoms. The molecule has 0 spiro atoms.